The molecule has 0 aliphatic carbocycles. The van der Waals surface area contributed by atoms with E-state index in [0.717, 1.165) is 12.2 Å². The van der Waals surface area contributed by atoms with Crippen LogP contribution >= 0.6 is 23.2 Å². The van der Waals surface area contributed by atoms with Crippen LogP contribution < -0.4 is 21.7 Å². The Balaban J connectivity index is 0.000000560. The molecular formula is C35H44Cl2F2N4O8. The normalized spacial score (nSPS) is 12.7. The van der Waals surface area contributed by atoms with Crippen LogP contribution in [0.3, 0.4) is 0 Å². The first-order valence-electron chi connectivity index (χ1n) is 15.6. The zero-order valence-electron chi connectivity index (χ0n) is 29.2. The molecule has 51 heavy (non-hydrogen) atoms. The molecule has 0 aliphatic heterocycles. The molecule has 16 heteroatoms. The minimum Gasteiger partial charge on any atom is -0.480 e. The number of rotatable bonds is 13. The molecule has 2 rings (SSSR count). The van der Waals surface area contributed by atoms with E-state index in [4.69, 9.17) is 43.5 Å². The predicted molar refractivity (Wildman–Crippen MR) is 191 cm³/mol. The third kappa shape index (κ3) is 18.9. The molecule has 0 aromatic heterocycles. The first-order valence-corrected chi connectivity index (χ1v) is 16.4. The second kappa shape index (κ2) is 21.0. The van der Waals surface area contributed by atoms with Gasteiger partial charge in [0.25, 0.3) is 0 Å². The molecule has 0 spiro atoms. The molecule has 0 unspecified atom stereocenters. The fraction of sp³-hybridized carbons (Fsp3) is 0.400. The number of benzene rings is 2. The summed E-state index contributed by atoms with van der Waals surface area (Å²) in [4.78, 5) is 58.4. The maximum atomic E-state index is 13.9. The van der Waals surface area contributed by atoms with E-state index >= 15 is 0 Å². The topological polar surface area (TPSA) is 186 Å². The van der Waals surface area contributed by atoms with Gasteiger partial charge in [-0.05, 0) is 78.7 Å². The summed E-state index contributed by atoms with van der Waals surface area (Å²) in [7, 11) is 0. The standard InChI is InChI=1S/C22H30ClFN2O5.C13H14ClFN2O3/c1-21(2,3)30-19(28)16(26-20(29)31-22(4,5)6)12-13-25-17(27)11-10-14-8-7-9-15(23)18(14)24;14-9-3-1-2-8(12(9)15)4-5-11(18)17-7-6-10(16)13(19)20/h7-11,16H,12-13H2,1-6H3,(H,25,27)(H,26,29);1-5,10H,6-7,16H2,(H,17,18)(H,19,20)/b11-10+;5-4+/t16-;10-/m00/s1. The Hall–Kier alpha value is -4.53. The van der Waals surface area contributed by atoms with Gasteiger partial charge in [0.1, 0.15) is 34.9 Å². The number of amides is 3. The highest BCUT2D eigenvalue weighted by Crippen LogP contribution is 2.20. The van der Waals surface area contributed by atoms with E-state index in [2.05, 4.69) is 16.0 Å². The number of nitrogens with one attached hydrogen (secondary N) is 3. The molecule has 0 saturated carbocycles. The fourth-order valence-electron chi connectivity index (χ4n) is 3.63. The molecule has 3 amide bonds. The molecule has 0 heterocycles. The van der Waals surface area contributed by atoms with Crippen molar-refractivity contribution >= 4 is 65.2 Å². The van der Waals surface area contributed by atoms with E-state index in [1.807, 2.05) is 0 Å². The molecule has 0 saturated heterocycles. The monoisotopic (exact) mass is 756 g/mol. The average molecular weight is 758 g/mol. The van der Waals surface area contributed by atoms with Gasteiger partial charge in [-0.3, -0.25) is 14.4 Å². The molecule has 12 nitrogen and oxygen atoms in total. The van der Waals surface area contributed by atoms with Crippen LogP contribution in [0.25, 0.3) is 12.2 Å². The molecule has 0 bridgehead atoms. The van der Waals surface area contributed by atoms with Gasteiger partial charge in [0, 0.05) is 36.4 Å². The molecule has 2 atom stereocenters. The van der Waals surface area contributed by atoms with Crippen molar-refractivity contribution < 1.29 is 47.3 Å². The molecule has 0 radical (unpaired) electrons. The number of alkyl carbamates (subject to hydrolysis) is 1. The van der Waals surface area contributed by atoms with Gasteiger partial charge in [0.2, 0.25) is 11.8 Å². The van der Waals surface area contributed by atoms with E-state index < -0.39 is 64.8 Å². The van der Waals surface area contributed by atoms with Crippen molar-refractivity contribution in [2.75, 3.05) is 13.1 Å². The lowest BCUT2D eigenvalue weighted by Gasteiger charge is -2.26. The Morgan fingerprint density at radius 1 is 0.784 bits per heavy atom. The van der Waals surface area contributed by atoms with Crippen LogP contribution in [-0.4, -0.2) is 71.3 Å². The number of aliphatic carboxylic acids is 1. The lowest BCUT2D eigenvalue weighted by atomic mass is 10.1. The molecule has 0 fully saturated rings. The molecule has 0 aliphatic rings. The third-order valence-corrected chi connectivity index (χ3v) is 6.56. The number of hydrogen-bond acceptors (Lipinski definition) is 8. The number of hydrogen-bond donors (Lipinski definition) is 5. The molecule has 2 aromatic carbocycles. The summed E-state index contributed by atoms with van der Waals surface area (Å²) in [6, 6.07) is 6.85. The number of carbonyl (C=O) groups is 5. The van der Waals surface area contributed by atoms with Gasteiger partial charge in [-0.25, -0.2) is 18.4 Å². The van der Waals surface area contributed by atoms with Gasteiger partial charge in [-0.1, -0.05) is 47.5 Å². The number of carboxylic acid groups (broad SMARTS) is 1. The zero-order valence-corrected chi connectivity index (χ0v) is 30.7. The summed E-state index contributed by atoms with van der Waals surface area (Å²) in [5.41, 5.74) is 4.14. The van der Waals surface area contributed by atoms with Gasteiger partial charge in [0.05, 0.1) is 10.0 Å². The summed E-state index contributed by atoms with van der Waals surface area (Å²) in [5.74, 6) is -3.98. The maximum absolute atomic E-state index is 13.9. The number of carboxylic acids is 1. The van der Waals surface area contributed by atoms with Crippen molar-refractivity contribution in [1.29, 1.82) is 0 Å². The van der Waals surface area contributed by atoms with Crippen molar-refractivity contribution in [3.63, 3.8) is 0 Å². The largest absolute Gasteiger partial charge is 0.480 e. The van der Waals surface area contributed by atoms with Crippen LogP contribution in [0.15, 0.2) is 48.6 Å². The van der Waals surface area contributed by atoms with Crippen LogP contribution in [0.5, 0.6) is 0 Å². The summed E-state index contributed by atoms with van der Waals surface area (Å²) in [6.07, 6.45) is 4.28. The summed E-state index contributed by atoms with van der Waals surface area (Å²) in [5, 5.41) is 16.0. The molecular weight excluding hydrogens is 713 g/mol. The highest BCUT2D eigenvalue weighted by atomic mass is 35.5. The SMILES string of the molecule is CC(C)(C)OC(=O)N[C@@H](CCNC(=O)/C=C/c1cccc(Cl)c1F)C(=O)OC(C)(C)C.N[C@@H](CCNC(=O)/C=C/c1cccc(Cl)c1F)C(=O)O. The van der Waals surface area contributed by atoms with Crippen molar-refractivity contribution in [3.8, 4) is 0 Å². The Morgan fingerprint density at radius 2 is 1.22 bits per heavy atom. The number of nitrogens with two attached hydrogens (primary N) is 1. The van der Waals surface area contributed by atoms with E-state index in [1.165, 1.54) is 36.4 Å². The van der Waals surface area contributed by atoms with Crippen LogP contribution in [-0.2, 0) is 28.7 Å². The molecule has 6 N–H and O–H groups in total. The van der Waals surface area contributed by atoms with Gasteiger partial charge in [-0.2, -0.15) is 0 Å². The van der Waals surface area contributed by atoms with Crippen molar-refractivity contribution in [2.24, 2.45) is 5.73 Å². The molecule has 280 valence electrons. The van der Waals surface area contributed by atoms with Crippen LogP contribution in [0.4, 0.5) is 13.6 Å². The second-order valence-corrected chi connectivity index (χ2v) is 13.6. The Labute approximate surface area is 305 Å². The van der Waals surface area contributed by atoms with E-state index in [-0.39, 0.29) is 47.1 Å². The lowest BCUT2D eigenvalue weighted by molar-refractivity contribution is -0.157. The third-order valence-electron chi connectivity index (χ3n) is 5.98. The quantitative estimate of drug-likeness (QED) is 0.127. The highest BCUT2D eigenvalue weighted by molar-refractivity contribution is 6.31. The number of esters is 1. The summed E-state index contributed by atoms with van der Waals surface area (Å²) < 4.78 is 37.9. The zero-order chi connectivity index (χ0) is 38.9. The first-order chi connectivity index (χ1) is 23.6. The highest BCUT2D eigenvalue weighted by Gasteiger charge is 2.28. The Kier molecular flexibility index (Phi) is 18.3. The van der Waals surface area contributed by atoms with Crippen molar-refractivity contribution in [1.82, 2.24) is 16.0 Å². The minimum atomic E-state index is -1.13. The Morgan fingerprint density at radius 3 is 1.63 bits per heavy atom. The van der Waals surface area contributed by atoms with Crippen LogP contribution in [0.1, 0.15) is 65.5 Å². The average Bonchev–Trinajstić information content (AvgIpc) is 3.00. The summed E-state index contributed by atoms with van der Waals surface area (Å²) >= 11 is 11.3. The van der Waals surface area contributed by atoms with Crippen LogP contribution in [0.2, 0.25) is 10.0 Å². The van der Waals surface area contributed by atoms with Gasteiger partial charge in [-0.15, -0.1) is 0 Å². The van der Waals surface area contributed by atoms with E-state index in [0.29, 0.717) is 0 Å². The van der Waals surface area contributed by atoms with E-state index in [9.17, 15) is 32.8 Å². The van der Waals surface area contributed by atoms with Crippen molar-refractivity contribution in [3.05, 3.63) is 81.4 Å². The van der Waals surface area contributed by atoms with Gasteiger partial charge in [0.15, 0.2) is 0 Å². The van der Waals surface area contributed by atoms with Crippen molar-refractivity contribution in [2.45, 2.75) is 77.7 Å². The molecule has 2 aromatic rings. The van der Waals surface area contributed by atoms with E-state index in [1.54, 1.807) is 53.7 Å². The minimum absolute atomic E-state index is 0.0278. The second-order valence-electron chi connectivity index (χ2n) is 12.8. The number of halogens is 4. The number of ether oxygens (including phenoxy) is 2. The Bertz CT molecular complexity index is 1590. The maximum Gasteiger partial charge on any atom is 0.408 e. The fourth-order valence-corrected chi connectivity index (χ4v) is 4.00. The summed E-state index contributed by atoms with van der Waals surface area (Å²) in [6.45, 7) is 10.4. The van der Waals surface area contributed by atoms with Gasteiger partial charge < -0.3 is 36.3 Å². The van der Waals surface area contributed by atoms with Gasteiger partial charge >= 0.3 is 18.0 Å². The predicted octanol–water partition coefficient (Wildman–Crippen LogP) is 5.64. The smallest absolute Gasteiger partial charge is 0.408 e. The van der Waals surface area contributed by atoms with Crippen LogP contribution in [0, 0.1) is 11.6 Å². The lowest BCUT2D eigenvalue weighted by Crippen LogP contribution is -2.47. The number of carbonyl (C=O) groups excluding carboxylic acids is 4. The first kappa shape index (κ1) is 44.5.